The van der Waals surface area contributed by atoms with Gasteiger partial charge < -0.3 is 15.6 Å². The predicted molar refractivity (Wildman–Crippen MR) is 85.7 cm³/mol. The fourth-order valence-corrected chi connectivity index (χ4v) is 2.48. The number of nitrogens with two attached hydrogens (primary N) is 1. The third-order valence-electron chi connectivity index (χ3n) is 4.05. The minimum atomic E-state index is -0.622. The molecule has 0 amide bonds. The molecule has 0 aromatic heterocycles. The molecule has 0 aliphatic carbocycles. The molecule has 112 valence electrons. The van der Waals surface area contributed by atoms with Crippen LogP contribution >= 0.6 is 0 Å². The van der Waals surface area contributed by atoms with Gasteiger partial charge in [0.15, 0.2) is 0 Å². The molecule has 0 fully saturated rings. The zero-order valence-electron chi connectivity index (χ0n) is 12.8. The molecule has 0 aliphatic heterocycles. The van der Waals surface area contributed by atoms with E-state index < -0.39 is 6.10 Å². The quantitative estimate of drug-likeness (QED) is 0.887. The van der Waals surface area contributed by atoms with Crippen molar-refractivity contribution in [3.63, 3.8) is 0 Å². The van der Waals surface area contributed by atoms with Gasteiger partial charge in [-0.25, -0.2) is 0 Å². The van der Waals surface area contributed by atoms with Crippen LogP contribution in [0.4, 0.5) is 0 Å². The van der Waals surface area contributed by atoms with Crippen molar-refractivity contribution in [1.82, 2.24) is 0 Å². The van der Waals surface area contributed by atoms with Gasteiger partial charge in [-0.05, 0) is 48.2 Å². The Balaban J connectivity index is 2.28. The normalized spacial score (nSPS) is 13.8. The third-order valence-corrected chi connectivity index (χ3v) is 4.05. The molecular weight excluding hydrogens is 262 g/mol. The zero-order chi connectivity index (χ0) is 15.4. The molecule has 21 heavy (non-hydrogen) atoms. The zero-order valence-corrected chi connectivity index (χ0v) is 12.8. The van der Waals surface area contributed by atoms with Gasteiger partial charge in [0.05, 0.1) is 13.2 Å². The molecule has 0 bridgehead atoms. The van der Waals surface area contributed by atoms with Crippen molar-refractivity contribution in [2.75, 3.05) is 13.7 Å². The molecule has 3 N–H and O–H groups in total. The Labute approximate surface area is 126 Å². The lowest BCUT2D eigenvalue weighted by Crippen LogP contribution is -2.20. The molecule has 2 atom stereocenters. The number of methoxy groups -OCH3 is 1. The Bertz CT molecular complexity index is 593. The van der Waals surface area contributed by atoms with E-state index in [1.54, 1.807) is 7.11 Å². The van der Waals surface area contributed by atoms with Gasteiger partial charge in [-0.3, -0.25) is 0 Å². The number of hydrogen-bond acceptors (Lipinski definition) is 3. The van der Waals surface area contributed by atoms with Crippen LogP contribution < -0.4 is 10.5 Å². The van der Waals surface area contributed by atoms with Gasteiger partial charge in [0.25, 0.3) is 0 Å². The monoisotopic (exact) mass is 285 g/mol. The average molecular weight is 285 g/mol. The van der Waals surface area contributed by atoms with Crippen molar-refractivity contribution in [3.05, 3.63) is 64.7 Å². The number of ether oxygens (including phenoxy) is 1. The molecule has 3 nitrogen and oxygen atoms in total. The summed E-state index contributed by atoms with van der Waals surface area (Å²) in [5.41, 5.74) is 10.3. The topological polar surface area (TPSA) is 55.5 Å². The summed E-state index contributed by atoms with van der Waals surface area (Å²) in [6.07, 6.45) is -0.622. The highest BCUT2D eigenvalue weighted by molar-refractivity contribution is 5.35. The highest BCUT2D eigenvalue weighted by Crippen LogP contribution is 2.31. The predicted octanol–water partition coefficient (Wildman–Crippen LogP) is 3.09. The Morgan fingerprint density at radius 2 is 1.62 bits per heavy atom. The summed E-state index contributed by atoms with van der Waals surface area (Å²) >= 11 is 0. The number of benzene rings is 2. The molecule has 2 rings (SSSR count). The summed E-state index contributed by atoms with van der Waals surface area (Å²) in [6, 6.07) is 13.7. The van der Waals surface area contributed by atoms with Gasteiger partial charge >= 0.3 is 0 Å². The van der Waals surface area contributed by atoms with Gasteiger partial charge in [0.1, 0.15) is 5.75 Å². The van der Waals surface area contributed by atoms with Crippen LogP contribution in [-0.4, -0.2) is 18.8 Å². The van der Waals surface area contributed by atoms with Gasteiger partial charge in [-0.15, -0.1) is 0 Å². The summed E-state index contributed by atoms with van der Waals surface area (Å²) in [7, 11) is 1.63. The lowest BCUT2D eigenvalue weighted by molar-refractivity contribution is 0.147. The lowest BCUT2D eigenvalue weighted by atomic mass is 9.88. The molecule has 0 heterocycles. The van der Waals surface area contributed by atoms with Crippen molar-refractivity contribution in [2.24, 2.45) is 5.73 Å². The molecule has 0 saturated carbocycles. The maximum Gasteiger partial charge on any atom is 0.118 e. The van der Waals surface area contributed by atoms with Crippen LogP contribution in [0.1, 0.15) is 34.3 Å². The van der Waals surface area contributed by atoms with E-state index in [0.29, 0.717) is 6.54 Å². The summed E-state index contributed by atoms with van der Waals surface area (Å²) in [5, 5.41) is 10.6. The van der Waals surface area contributed by atoms with Crippen LogP contribution in [0, 0.1) is 13.8 Å². The van der Waals surface area contributed by atoms with E-state index >= 15 is 0 Å². The first kappa shape index (κ1) is 15.5. The van der Waals surface area contributed by atoms with Gasteiger partial charge in [-0.1, -0.05) is 30.3 Å². The van der Waals surface area contributed by atoms with Crippen LogP contribution in [0.3, 0.4) is 0 Å². The Hall–Kier alpha value is -1.84. The second-order valence-corrected chi connectivity index (χ2v) is 5.40. The van der Waals surface area contributed by atoms with Crippen LogP contribution in [0.5, 0.6) is 5.75 Å². The van der Waals surface area contributed by atoms with Crippen LogP contribution in [0.2, 0.25) is 0 Å². The van der Waals surface area contributed by atoms with Crippen molar-refractivity contribution in [3.8, 4) is 5.75 Å². The van der Waals surface area contributed by atoms with Crippen molar-refractivity contribution in [2.45, 2.75) is 25.9 Å². The Morgan fingerprint density at radius 1 is 1.00 bits per heavy atom. The molecule has 0 aliphatic rings. The maximum absolute atomic E-state index is 10.6. The minimum Gasteiger partial charge on any atom is -0.497 e. The van der Waals surface area contributed by atoms with Gasteiger partial charge in [0.2, 0.25) is 0 Å². The molecule has 3 heteroatoms. The Kier molecular flexibility index (Phi) is 4.99. The maximum atomic E-state index is 10.6. The number of aliphatic hydroxyl groups is 1. The average Bonchev–Trinajstić information content (AvgIpc) is 2.51. The van der Waals surface area contributed by atoms with Gasteiger partial charge in [0, 0.05) is 12.5 Å². The van der Waals surface area contributed by atoms with Crippen LogP contribution in [0.15, 0.2) is 42.5 Å². The molecule has 0 saturated heterocycles. The summed E-state index contributed by atoms with van der Waals surface area (Å²) in [5.74, 6) is 0.666. The standard InChI is InChI=1S/C18H23NO2/c1-12-4-5-15(10-13(12)2)17(11-19)18(20)14-6-8-16(21-3)9-7-14/h4-10,17-18,20H,11,19H2,1-3H3. The highest BCUT2D eigenvalue weighted by atomic mass is 16.5. The summed E-state index contributed by atoms with van der Waals surface area (Å²) < 4.78 is 5.14. The van der Waals surface area contributed by atoms with Crippen molar-refractivity contribution >= 4 is 0 Å². The van der Waals surface area contributed by atoms with Crippen molar-refractivity contribution in [1.29, 1.82) is 0 Å². The SMILES string of the molecule is COc1ccc(C(O)C(CN)c2ccc(C)c(C)c2)cc1. The van der Waals surface area contributed by atoms with E-state index in [0.717, 1.165) is 16.9 Å². The van der Waals surface area contributed by atoms with E-state index in [4.69, 9.17) is 10.5 Å². The Morgan fingerprint density at radius 3 is 2.14 bits per heavy atom. The molecular formula is C18H23NO2. The minimum absolute atomic E-state index is 0.113. The van der Waals surface area contributed by atoms with E-state index in [1.165, 1.54) is 11.1 Å². The molecule has 2 aromatic rings. The summed E-state index contributed by atoms with van der Waals surface area (Å²) in [4.78, 5) is 0. The third kappa shape index (κ3) is 3.43. The second kappa shape index (κ2) is 6.74. The molecule has 0 radical (unpaired) electrons. The first-order valence-electron chi connectivity index (χ1n) is 7.16. The fourth-order valence-electron chi connectivity index (χ4n) is 2.48. The number of rotatable bonds is 5. The van der Waals surface area contributed by atoms with E-state index in [1.807, 2.05) is 30.3 Å². The fraction of sp³-hybridized carbons (Fsp3) is 0.333. The molecule has 2 unspecified atom stereocenters. The van der Waals surface area contributed by atoms with E-state index in [9.17, 15) is 5.11 Å². The van der Waals surface area contributed by atoms with Gasteiger partial charge in [-0.2, -0.15) is 0 Å². The van der Waals surface area contributed by atoms with E-state index in [2.05, 4.69) is 26.0 Å². The number of hydrogen-bond donors (Lipinski definition) is 2. The van der Waals surface area contributed by atoms with Crippen LogP contribution in [-0.2, 0) is 0 Å². The lowest BCUT2D eigenvalue weighted by Gasteiger charge is -2.23. The van der Waals surface area contributed by atoms with E-state index in [-0.39, 0.29) is 5.92 Å². The van der Waals surface area contributed by atoms with Crippen molar-refractivity contribution < 1.29 is 9.84 Å². The number of aliphatic hydroxyl groups excluding tert-OH is 1. The smallest absolute Gasteiger partial charge is 0.118 e. The largest absolute Gasteiger partial charge is 0.497 e. The number of aryl methyl sites for hydroxylation is 2. The van der Waals surface area contributed by atoms with Crippen LogP contribution in [0.25, 0.3) is 0 Å². The molecule has 0 spiro atoms. The highest BCUT2D eigenvalue weighted by Gasteiger charge is 2.21. The summed E-state index contributed by atoms with van der Waals surface area (Å²) in [6.45, 7) is 4.55. The molecule has 2 aromatic carbocycles. The second-order valence-electron chi connectivity index (χ2n) is 5.40. The first-order chi connectivity index (χ1) is 10.1. The first-order valence-corrected chi connectivity index (χ1v) is 7.16.